The number of nitrogens with zero attached hydrogens (tertiary/aromatic N) is 6. The van der Waals surface area contributed by atoms with Crippen molar-refractivity contribution >= 4 is 33.8 Å². The molecule has 34 heavy (non-hydrogen) atoms. The molecule has 0 aliphatic rings. The fraction of sp³-hybridized carbons (Fsp3) is 0.231. The first-order valence-corrected chi connectivity index (χ1v) is 11.0. The number of amides is 1. The van der Waals surface area contributed by atoms with Crippen LogP contribution in [0.2, 0.25) is 0 Å². The number of carbonyl (C=O) groups excluding carboxylic acids is 1. The van der Waals surface area contributed by atoms with E-state index in [4.69, 9.17) is 14.7 Å². The van der Waals surface area contributed by atoms with Crippen LogP contribution in [0.15, 0.2) is 67.1 Å². The molecule has 0 radical (unpaired) electrons. The van der Waals surface area contributed by atoms with Crippen molar-refractivity contribution in [3.8, 4) is 17.2 Å². The molecule has 0 N–H and O–H groups in total. The molecular formula is C26H26N6O2. The van der Waals surface area contributed by atoms with E-state index in [1.165, 1.54) is 4.90 Å². The maximum absolute atomic E-state index is 12.6. The van der Waals surface area contributed by atoms with Gasteiger partial charge in [-0.2, -0.15) is 4.98 Å². The SMILES string of the molecule is CN(C(=O)OC(C)(C)C)c1cccc(-c2nc(-n3cnc4ccccc43)nc3c2ccn3C)c1. The highest BCUT2D eigenvalue weighted by atomic mass is 16.6. The first kappa shape index (κ1) is 21.6. The van der Waals surface area contributed by atoms with Gasteiger partial charge >= 0.3 is 6.09 Å². The predicted molar refractivity (Wildman–Crippen MR) is 133 cm³/mol. The minimum atomic E-state index is -0.575. The van der Waals surface area contributed by atoms with E-state index in [0.29, 0.717) is 11.6 Å². The van der Waals surface area contributed by atoms with E-state index in [1.54, 1.807) is 13.4 Å². The molecule has 0 bridgehead atoms. The van der Waals surface area contributed by atoms with Crippen LogP contribution in [0.3, 0.4) is 0 Å². The molecule has 172 valence electrons. The maximum atomic E-state index is 12.6. The Morgan fingerprint density at radius 2 is 1.82 bits per heavy atom. The van der Waals surface area contributed by atoms with Gasteiger partial charge in [-0.3, -0.25) is 9.47 Å². The van der Waals surface area contributed by atoms with Gasteiger partial charge in [0.15, 0.2) is 0 Å². The Balaban J connectivity index is 1.63. The summed E-state index contributed by atoms with van der Waals surface area (Å²) in [4.78, 5) is 28.4. The zero-order valence-corrected chi connectivity index (χ0v) is 19.9. The van der Waals surface area contributed by atoms with Crippen molar-refractivity contribution in [1.29, 1.82) is 0 Å². The van der Waals surface area contributed by atoms with Crippen LogP contribution in [-0.2, 0) is 11.8 Å². The van der Waals surface area contributed by atoms with Gasteiger partial charge in [0.25, 0.3) is 0 Å². The van der Waals surface area contributed by atoms with Crippen LogP contribution in [0.1, 0.15) is 20.8 Å². The van der Waals surface area contributed by atoms with Crippen LogP contribution in [0.5, 0.6) is 0 Å². The fourth-order valence-corrected chi connectivity index (χ4v) is 3.87. The topological polar surface area (TPSA) is 78.1 Å². The van der Waals surface area contributed by atoms with Gasteiger partial charge in [-0.05, 0) is 51.1 Å². The summed E-state index contributed by atoms with van der Waals surface area (Å²) in [6.07, 6.45) is 3.29. The average molecular weight is 455 g/mol. The summed E-state index contributed by atoms with van der Waals surface area (Å²) in [6.45, 7) is 5.55. The smallest absolute Gasteiger partial charge is 0.414 e. The van der Waals surface area contributed by atoms with E-state index in [0.717, 1.165) is 33.3 Å². The molecule has 0 spiro atoms. The Morgan fingerprint density at radius 3 is 2.62 bits per heavy atom. The van der Waals surface area contributed by atoms with Gasteiger partial charge in [0.2, 0.25) is 5.95 Å². The van der Waals surface area contributed by atoms with Crippen molar-refractivity contribution in [1.82, 2.24) is 24.1 Å². The number of hydrogen-bond acceptors (Lipinski definition) is 5. The Hall–Kier alpha value is -4.20. The molecule has 0 unspecified atom stereocenters. The summed E-state index contributed by atoms with van der Waals surface area (Å²) in [5.41, 5.74) is 4.40. The third-order valence-electron chi connectivity index (χ3n) is 5.56. The Bertz CT molecular complexity index is 1530. The third kappa shape index (κ3) is 3.87. The number of imidazole rings is 1. The van der Waals surface area contributed by atoms with Crippen molar-refractivity contribution in [2.24, 2.45) is 7.05 Å². The second-order valence-corrected chi connectivity index (χ2v) is 9.23. The molecule has 0 saturated heterocycles. The third-order valence-corrected chi connectivity index (χ3v) is 5.56. The van der Waals surface area contributed by atoms with Crippen molar-refractivity contribution in [2.45, 2.75) is 26.4 Å². The minimum absolute atomic E-state index is 0.414. The largest absolute Gasteiger partial charge is 0.443 e. The minimum Gasteiger partial charge on any atom is -0.443 e. The number of ether oxygens (including phenoxy) is 1. The monoisotopic (exact) mass is 454 g/mol. The molecule has 0 fully saturated rings. The van der Waals surface area contributed by atoms with Crippen molar-refractivity contribution < 1.29 is 9.53 Å². The molecule has 0 aliphatic heterocycles. The van der Waals surface area contributed by atoms with Crippen LogP contribution in [0.4, 0.5) is 10.5 Å². The highest BCUT2D eigenvalue weighted by Crippen LogP contribution is 2.31. The number of anilines is 1. The lowest BCUT2D eigenvalue weighted by molar-refractivity contribution is 0.0589. The fourth-order valence-electron chi connectivity index (χ4n) is 3.87. The summed E-state index contributed by atoms with van der Waals surface area (Å²) < 4.78 is 9.39. The number of hydrogen-bond donors (Lipinski definition) is 0. The summed E-state index contributed by atoms with van der Waals surface area (Å²) in [5.74, 6) is 0.531. The van der Waals surface area contributed by atoms with E-state index < -0.39 is 11.7 Å². The molecule has 3 heterocycles. The van der Waals surface area contributed by atoms with E-state index in [2.05, 4.69) is 4.98 Å². The summed E-state index contributed by atoms with van der Waals surface area (Å²) in [7, 11) is 3.66. The number of benzene rings is 2. The predicted octanol–water partition coefficient (Wildman–Crippen LogP) is 5.35. The van der Waals surface area contributed by atoms with Crippen molar-refractivity contribution in [2.75, 3.05) is 11.9 Å². The average Bonchev–Trinajstić information content (AvgIpc) is 3.41. The molecule has 0 atom stereocenters. The number of para-hydroxylation sites is 2. The van der Waals surface area contributed by atoms with E-state index in [-0.39, 0.29) is 0 Å². The van der Waals surface area contributed by atoms with Gasteiger partial charge in [-0.25, -0.2) is 14.8 Å². The lowest BCUT2D eigenvalue weighted by Crippen LogP contribution is -2.34. The number of carbonyl (C=O) groups is 1. The summed E-state index contributed by atoms with van der Waals surface area (Å²) in [5, 5.41) is 0.924. The lowest BCUT2D eigenvalue weighted by atomic mass is 10.1. The molecular weight excluding hydrogens is 428 g/mol. The van der Waals surface area contributed by atoms with Crippen LogP contribution in [-0.4, -0.2) is 42.8 Å². The van der Waals surface area contributed by atoms with E-state index >= 15 is 0 Å². The first-order valence-electron chi connectivity index (χ1n) is 11.0. The maximum Gasteiger partial charge on any atom is 0.414 e. The van der Waals surface area contributed by atoms with Gasteiger partial charge < -0.3 is 9.30 Å². The summed E-state index contributed by atoms with van der Waals surface area (Å²) >= 11 is 0. The van der Waals surface area contributed by atoms with Crippen LogP contribution < -0.4 is 4.90 Å². The van der Waals surface area contributed by atoms with Gasteiger partial charge in [0, 0.05) is 36.9 Å². The Kier molecular flexibility index (Phi) is 5.08. The van der Waals surface area contributed by atoms with Gasteiger partial charge in [-0.15, -0.1) is 0 Å². The lowest BCUT2D eigenvalue weighted by Gasteiger charge is -2.25. The zero-order valence-electron chi connectivity index (χ0n) is 19.9. The number of aromatic nitrogens is 5. The number of aryl methyl sites for hydroxylation is 1. The van der Waals surface area contributed by atoms with Gasteiger partial charge in [0.1, 0.15) is 17.6 Å². The van der Waals surface area contributed by atoms with E-state index in [1.807, 2.05) is 97.7 Å². The van der Waals surface area contributed by atoms with Crippen LogP contribution >= 0.6 is 0 Å². The molecule has 8 heteroatoms. The van der Waals surface area contributed by atoms with Crippen molar-refractivity contribution in [3.63, 3.8) is 0 Å². The molecule has 0 saturated carbocycles. The zero-order chi connectivity index (χ0) is 24.0. The first-order chi connectivity index (χ1) is 16.2. The number of fused-ring (bicyclic) bond motifs is 2. The highest BCUT2D eigenvalue weighted by Gasteiger charge is 2.21. The van der Waals surface area contributed by atoms with Crippen LogP contribution in [0.25, 0.3) is 39.3 Å². The van der Waals surface area contributed by atoms with Gasteiger partial charge in [0.05, 0.1) is 16.7 Å². The second-order valence-electron chi connectivity index (χ2n) is 9.23. The van der Waals surface area contributed by atoms with Crippen LogP contribution in [0, 0.1) is 0 Å². The molecule has 3 aromatic heterocycles. The highest BCUT2D eigenvalue weighted by molar-refractivity contribution is 5.94. The van der Waals surface area contributed by atoms with Crippen molar-refractivity contribution in [3.05, 3.63) is 67.1 Å². The van der Waals surface area contributed by atoms with Gasteiger partial charge in [-0.1, -0.05) is 24.3 Å². The molecule has 0 aliphatic carbocycles. The van der Waals surface area contributed by atoms with E-state index in [9.17, 15) is 4.79 Å². The second kappa shape index (κ2) is 7.98. The standard InChI is InChI=1S/C26H26N6O2/c1-26(2,3)34-25(33)31(5)18-10-8-9-17(15-18)22-19-13-14-30(4)23(19)29-24(28-22)32-16-27-20-11-6-7-12-21(20)32/h6-16H,1-5H3. The molecule has 5 rings (SSSR count). The Labute approximate surface area is 197 Å². The molecule has 8 nitrogen and oxygen atoms in total. The quantitative estimate of drug-likeness (QED) is 0.367. The molecule has 1 amide bonds. The normalized spacial score (nSPS) is 11.8. The summed E-state index contributed by atoms with van der Waals surface area (Å²) in [6, 6.07) is 17.6. The molecule has 5 aromatic rings. The Morgan fingerprint density at radius 1 is 1.03 bits per heavy atom. The number of rotatable bonds is 3. The molecule has 2 aromatic carbocycles.